The molecule has 1 aromatic carbocycles. The molecule has 0 unspecified atom stereocenters. The van der Waals surface area contributed by atoms with Crippen molar-refractivity contribution >= 4 is 36.0 Å². The predicted molar refractivity (Wildman–Crippen MR) is 120 cm³/mol. The van der Waals surface area contributed by atoms with Crippen LogP contribution >= 0.6 is 24.0 Å². The Morgan fingerprint density at radius 1 is 1.07 bits per heavy atom. The average molecular weight is 492 g/mol. The van der Waals surface area contributed by atoms with E-state index in [9.17, 15) is 4.79 Å². The van der Waals surface area contributed by atoms with Crippen molar-refractivity contribution in [2.75, 3.05) is 27.2 Å². The summed E-state index contributed by atoms with van der Waals surface area (Å²) >= 11 is 0. The number of hydrogen-bond acceptors (Lipinski definition) is 4. The van der Waals surface area contributed by atoms with Crippen LogP contribution in [-0.4, -0.2) is 44.9 Å². The van der Waals surface area contributed by atoms with Crippen molar-refractivity contribution in [1.29, 1.82) is 0 Å². The van der Waals surface area contributed by atoms with E-state index in [1.54, 1.807) is 14.2 Å². The van der Waals surface area contributed by atoms with Crippen molar-refractivity contribution in [2.45, 2.75) is 45.9 Å². The monoisotopic (exact) mass is 492 g/mol. The van der Waals surface area contributed by atoms with Gasteiger partial charge in [-0.05, 0) is 38.3 Å². The SMILES string of the molecule is CN=C(NCCCNC(=O)OC(C)(C)C)NCc1ccccc1COC.I. The fourth-order valence-corrected chi connectivity index (χ4v) is 2.23. The summed E-state index contributed by atoms with van der Waals surface area (Å²) in [6, 6.07) is 8.13. The number of alkyl carbamates (subject to hydrolysis) is 1. The fourth-order valence-electron chi connectivity index (χ4n) is 2.23. The maximum atomic E-state index is 11.6. The highest BCUT2D eigenvalue weighted by molar-refractivity contribution is 14.0. The molecule has 0 bridgehead atoms. The van der Waals surface area contributed by atoms with E-state index < -0.39 is 11.7 Å². The van der Waals surface area contributed by atoms with E-state index in [4.69, 9.17) is 9.47 Å². The molecule has 0 saturated heterocycles. The lowest BCUT2D eigenvalue weighted by Gasteiger charge is -2.19. The summed E-state index contributed by atoms with van der Waals surface area (Å²) in [5, 5.41) is 9.25. The van der Waals surface area contributed by atoms with Crippen LogP contribution in [0.25, 0.3) is 0 Å². The number of halogens is 1. The lowest BCUT2D eigenvalue weighted by Crippen LogP contribution is -2.39. The molecule has 0 fully saturated rings. The van der Waals surface area contributed by atoms with Crippen molar-refractivity contribution in [3.63, 3.8) is 0 Å². The number of carbonyl (C=O) groups excluding carboxylic acids is 1. The Labute approximate surface area is 179 Å². The number of ether oxygens (including phenoxy) is 2. The van der Waals surface area contributed by atoms with E-state index in [1.165, 1.54) is 5.56 Å². The Hall–Kier alpha value is -1.55. The molecule has 27 heavy (non-hydrogen) atoms. The molecule has 0 spiro atoms. The smallest absolute Gasteiger partial charge is 0.407 e. The zero-order chi connectivity index (χ0) is 19.4. The van der Waals surface area contributed by atoms with Crippen LogP contribution in [0.2, 0.25) is 0 Å². The van der Waals surface area contributed by atoms with Crippen molar-refractivity contribution in [3.05, 3.63) is 35.4 Å². The molecule has 0 aliphatic carbocycles. The van der Waals surface area contributed by atoms with E-state index in [2.05, 4.69) is 33.1 Å². The first kappa shape index (κ1) is 25.4. The number of aliphatic imine (C=N–C) groups is 1. The Bertz CT molecular complexity index is 589. The van der Waals surface area contributed by atoms with Crippen LogP contribution in [0.4, 0.5) is 4.79 Å². The van der Waals surface area contributed by atoms with Gasteiger partial charge in [0.15, 0.2) is 5.96 Å². The summed E-state index contributed by atoms with van der Waals surface area (Å²) in [6.07, 6.45) is 0.370. The highest BCUT2D eigenvalue weighted by atomic mass is 127. The third-order valence-electron chi connectivity index (χ3n) is 3.40. The van der Waals surface area contributed by atoms with Gasteiger partial charge in [-0.1, -0.05) is 24.3 Å². The number of guanidine groups is 1. The number of amides is 1. The van der Waals surface area contributed by atoms with Crippen LogP contribution in [0.1, 0.15) is 38.3 Å². The van der Waals surface area contributed by atoms with Crippen molar-refractivity contribution < 1.29 is 14.3 Å². The molecule has 0 aliphatic rings. The Balaban J connectivity index is 0.00000676. The van der Waals surface area contributed by atoms with Crippen LogP contribution in [0.3, 0.4) is 0 Å². The predicted octanol–water partition coefficient (Wildman–Crippen LogP) is 3.03. The van der Waals surface area contributed by atoms with Gasteiger partial charge in [0, 0.05) is 33.8 Å². The van der Waals surface area contributed by atoms with Gasteiger partial charge in [-0.2, -0.15) is 0 Å². The third-order valence-corrected chi connectivity index (χ3v) is 3.40. The van der Waals surface area contributed by atoms with Gasteiger partial charge < -0.3 is 25.4 Å². The van der Waals surface area contributed by atoms with Crippen LogP contribution in [0, 0.1) is 0 Å². The Kier molecular flexibility index (Phi) is 12.8. The molecule has 0 atom stereocenters. The molecule has 0 aromatic heterocycles. The molecule has 3 N–H and O–H groups in total. The highest BCUT2D eigenvalue weighted by Gasteiger charge is 2.15. The van der Waals surface area contributed by atoms with Gasteiger partial charge in [0.05, 0.1) is 6.61 Å². The maximum absolute atomic E-state index is 11.6. The van der Waals surface area contributed by atoms with Gasteiger partial charge in [-0.15, -0.1) is 24.0 Å². The number of carbonyl (C=O) groups is 1. The summed E-state index contributed by atoms with van der Waals surface area (Å²) in [6.45, 7) is 8.00. The molecule has 0 heterocycles. The van der Waals surface area contributed by atoms with Crippen LogP contribution in [0.5, 0.6) is 0 Å². The van der Waals surface area contributed by atoms with Gasteiger partial charge in [0.25, 0.3) is 0 Å². The summed E-state index contributed by atoms with van der Waals surface area (Å²) in [5.41, 5.74) is 1.84. The second-order valence-electron chi connectivity index (χ2n) is 6.84. The third kappa shape index (κ3) is 11.7. The lowest BCUT2D eigenvalue weighted by atomic mass is 10.1. The molecule has 8 heteroatoms. The van der Waals surface area contributed by atoms with Crippen molar-refractivity contribution in [3.8, 4) is 0 Å². The zero-order valence-electron chi connectivity index (χ0n) is 16.9. The summed E-state index contributed by atoms with van der Waals surface area (Å²) in [5.74, 6) is 0.717. The minimum Gasteiger partial charge on any atom is -0.444 e. The van der Waals surface area contributed by atoms with Gasteiger partial charge >= 0.3 is 6.09 Å². The minimum atomic E-state index is -0.479. The van der Waals surface area contributed by atoms with Crippen molar-refractivity contribution in [2.24, 2.45) is 4.99 Å². The second kappa shape index (κ2) is 13.6. The van der Waals surface area contributed by atoms with E-state index in [0.29, 0.717) is 26.2 Å². The molecule has 0 saturated carbocycles. The first-order chi connectivity index (χ1) is 12.4. The normalized spacial score (nSPS) is 11.4. The number of methoxy groups -OCH3 is 1. The maximum Gasteiger partial charge on any atom is 0.407 e. The molecule has 1 amide bonds. The molecule has 1 rings (SSSR count). The number of nitrogens with zero attached hydrogens (tertiary/aromatic N) is 1. The first-order valence-electron chi connectivity index (χ1n) is 8.83. The topological polar surface area (TPSA) is 84.0 Å². The lowest BCUT2D eigenvalue weighted by molar-refractivity contribution is 0.0527. The average Bonchev–Trinajstić information content (AvgIpc) is 2.57. The number of benzene rings is 1. The number of hydrogen-bond donors (Lipinski definition) is 3. The molecular formula is C19H33IN4O3. The zero-order valence-corrected chi connectivity index (χ0v) is 19.3. The van der Waals surface area contributed by atoms with Gasteiger partial charge in [-0.25, -0.2) is 4.79 Å². The van der Waals surface area contributed by atoms with Gasteiger partial charge in [-0.3, -0.25) is 4.99 Å². The van der Waals surface area contributed by atoms with Crippen molar-refractivity contribution in [1.82, 2.24) is 16.0 Å². The standard InChI is InChI=1S/C19H32N4O3.HI/c1-19(2,3)26-18(24)22-12-8-11-21-17(20-4)23-13-15-9-6-7-10-16(15)14-25-5;/h6-7,9-10H,8,11-14H2,1-5H3,(H,22,24)(H2,20,21,23);1H. The van der Waals surface area contributed by atoms with Crippen LogP contribution in [-0.2, 0) is 22.6 Å². The first-order valence-corrected chi connectivity index (χ1v) is 8.83. The van der Waals surface area contributed by atoms with Gasteiger partial charge in [0.1, 0.15) is 5.60 Å². The minimum absolute atomic E-state index is 0. The Morgan fingerprint density at radius 3 is 2.30 bits per heavy atom. The molecule has 0 radical (unpaired) electrons. The summed E-state index contributed by atoms with van der Waals surface area (Å²) in [4.78, 5) is 15.8. The van der Waals surface area contributed by atoms with E-state index in [0.717, 1.165) is 17.9 Å². The van der Waals surface area contributed by atoms with Crippen LogP contribution < -0.4 is 16.0 Å². The molecular weight excluding hydrogens is 459 g/mol. The highest BCUT2D eigenvalue weighted by Crippen LogP contribution is 2.09. The number of nitrogens with one attached hydrogen (secondary N) is 3. The van der Waals surface area contributed by atoms with E-state index in [-0.39, 0.29) is 24.0 Å². The fraction of sp³-hybridized carbons (Fsp3) is 0.579. The summed E-state index contributed by atoms with van der Waals surface area (Å²) in [7, 11) is 3.42. The number of rotatable bonds is 8. The van der Waals surface area contributed by atoms with Gasteiger partial charge in [0.2, 0.25) is 0 Å². The largest absolute Gasteiger partial charge is 0.444 e. The molecule has 1 aromatic rings. The Morgan fingerprint density at radius 2 is 1.70 bits per heavy atom. The molecule has 7 nitrogen and oxygen atoms in total. The van der Waals surface area contributed by atoms with E-state index >= 15 is 0 Å². The quantitative estimate of drug-likeness (QED) is 0.225. The molecule has 154 valence electrons. The van der Waals surface area contributed by atoms with Crippen LogP contribution in [0.15, 0.2) is 29.3 Å². The van der Waals surface area contributed by atoms with E-state index in [1.807, 2.05) is 32.9 Å². The second-order valence-corrected chi connectivity index (χ2v) is 6.84. The molecule has 0 aliphatic heterocycles. The summed E-state index contributed by atoms with van der Waals surface area (Å²) < 4.78 is 10.4.